The van der Waals surface area contributed by atoms with Crippen LogP contribution >= 0.6 is 0 Å². The minimum absolute atomic E-state index is 0.737. The highest BCUT2D eigenvalue weighted by Crippen LogP contribution is 2.21. The first-order valence-corrected chi connectivity index (χ1v) is 3.91. The molecule has 1 aliphatic rings. The van der Waals surface area contributed by atoms with Crippen molar-refractivity contribution in [2.75, 3.05) is 33.9 Å². The van der Waals surface area contributed by atoms with Crippen molar-refractivity contribution in [3.05, 3.63) is 0 Å². The lowest BCUT2D eigenvalue weighted by molar-refractivity contribution is 0.0449. The summed E-state index contributed by atoms with van der Waals surface area (Å²) < 4.78 is 5.08. The molecule has 2 nitrogen and oxygen atoms in total. The van der Waals surface area contributed by atoms with Crippen molar-refractivity contribution in [3.8, 4) is 0 Å². The Morgan fingerprint density at radius 1 is 1.60 bits per heavy atom. The number of rotatable bonds is 3. The van der Waals surface area contributed by atoms with E-state index in [1.807, 2.05) is 0 Å². The highest BCUT2D eigenvalue weighted by atomic mass is 16.5. The molecule has 1 aliphatic heterocycles. The van der Waals surface area contributed by atoms with Crippen LogP contribution in [-0.4, -0.2) is 38.8 Å². The maximum Gasteiger partial charge on any atom is 0.0491 e. The smallest absolute Gasteiger partial charge is 0.0491 e. The van der Waals surface area contributed by atoms with Crippen molar-refractivity contribution in [2.24, 2.45) is 11.8 Å². The van der Waals surface area contributed by atoms with Crippen LogP contribution in [0.1, 0.15) is 6.92 Å². The van der Waals surface area contributed by atoms with Crippen LogP contribution in [-0.2, 0) is 4.74 Å². The molecule has 2 heteroatoms. The molecule has 1 heterocycles. The maximum atomic E-state index is 5.08. The molecule has 0 aromatic rings. The summed E-state index contributed by atoms with van der Waals surface area (Å²) in [5.74, 6) is 1.62. The summed E-state index contributed by atoms with van der Waals surface area (Å²) in [5, 5.41) is 0. The minimum Gasteiger partial charge on any atom is -0.384 e. The number of hydrogen-bond donors (Lipinski definition) is 0. The van der Waals surface area contributed by atoms with Gasteiger partial charge in [-0.15, -0.1) is 0 Å². The van der Waals surface area contributed by atoms with E-state index >= 15 is 0 Å². The van der Waals surface area contributed by atoms with E-state index in [0.717, 1.165) is 18.4 Å². The summed E-state index contributed by atoms with van der Waals surface area (Å²) in [6, 6.07) is 0. The first kappa shape index (κ1) is 8.02. The van der Waals surface area contributed by atoms with Gasteiger partial charge in [-0.1, -0.05) is 6.92 Å². The normalized spacial score (nSPS) is 24.3. The van der Waals surface area contributed by atoms with Crippen molar-refractivity contribution in [2.45, 2.75) is 6.92 Å². The molecule has 1 atom stereocenters. The van der Waals surface area contributed by atoms with Crippen LogP contribution in [0.2, 0.25) is 0 Å². The minimum atomic E-state index is 0.737. The predicted molar refractivity (Wildman–Crippen MR) is 42.0 cm³/mol. The van der Waals surface area contributed by atoms with Gasteiger partial charge in [-0.2, -0.15) is 0 Å². The Bertz CT molecular complexity index is 96.7. The van der Waals surface area contributed by atoms with E-state index in [4.69, 9.17) is 4.74 Å². The molecular formula is C8H17NO. The Hall–Kier alpha value is -0.0800. The van der Waals surface area contributed by atoms with Crippen LogP contribution in [0.5, 0.6) is 0 Å². The summed E-state index contributed by atoms with van der Waals surface area (Å²) in [7, 11) is 3.94. The number of ether oxygens (including phenoxy) is 1. The predicted octanol–water partition coefficient (Wildman–Crippen LogP) is 0.831. The molecule has 1 rings (SSSR count). The van der Waals surface area contributed by atoms with E-state index in [0.29, 0.717) is 0 Å². The van der Waals surface area contributed by atoms with E-state index < -0.39 is 0 Å². The molecule has 0 spiro atoms. The van der Waals surface area contributed by atoms with E-state index in [2.05, 4.69) is 18.9 Å². The van der Waals surface area contributed by atoms with Gasteiger partial charge in [0.05, 0.1) is 0 Å². The molecule has 0 amide bonds. The van der Waals surface area contributed by atoms with Crippen LogP contribution in [0.4, 0.5) is 0 Å². The van der Waals surface area contributed by atoms with E-state index in [1.54, 1.807) is 7.11 Å². The molecule has 0 N–H and O–H groups in total. The van der Waals surface area contributed by atoms with Crippen molar-refractivity contribution < 1.29 is 4.74 Å². The largest absolute Gasteiger partial charge is 0.384 e. The zero-order valence-corrected chi connectivity index (χ0v) is 7.13. The summed E-state index contributed by atoms with van der Waals surface area (Å²) in [6.07, 6.45) is 0. The third-order valence-corrected chi connectivity index (χ3v) is 2.33. The fourth-order valence-corrected chi connectivity index (χ4v) is 1.51. The van der Waals surface area contributed by atoms with Gasteiger partial charge in [-0.05, 0) is 18.9 Å². The first-order valence-electron chi connectivity index (χ1n) is 3.91. The molecule has 0 radical (unpaired) electrons. The summed E-state index contributed by atoms with van der Waals surface area (Å²) in [4.78, 5) is 2.34. The quantitative estimate of drug-likeness (QED) is 0.580. The molecule has 1 fully saturated rings. The molecule has 0 aliphatic carbocycles. The van der Waals surface area contributed by atoms with E-state index in [1.165, 1.54) is 13.1 Å². The van der Waals surface area contributed by atoms with Gasteiger partial charge in [-0.25, -0.2) is 0 Å². The second kappa shape index (κ2) is 3.35. The number of likely N-dealkylation sites (tertiary alicyclic amines) is 1. The van der Waals surface area contributed by atoms with Crippen LogP contribution in [0, 0.1) is 11.8 Å². The first-order chi connectivity index (χ1) is 4.74. The van der Waals surface area contributed by atoms with Crippen LogP contribution in [0.15, 0.2) is 0 Å². The Morgan fingerprint density at radius 2 is 2.20 bits per heavy atom. The fraction of sp³-hybridized carbons (Fsp3) is 1.00. The van der Waals surface area contributed by atoms with Gasteiger partial charge in [0, 0.05) is 26.8 Å². The third-order valence-electron chi connectivity index (χ3n) is 2.33. The molecule has 0 aromatic carbocycles. The lowest BCUT2D eigenvalue weighted by atomic mass is 9.88. The van der Waals surface area contributed by atoms with E-state index in [9.17, 15) is 0 Å². The Morgan fingerprint density at radius 3 is 2.60 bits per heavy atom. The van der Waals surface area contributed by atoms with E-state index in [-0.39, 0.29) is 0 Å². The highest BCUT2D eigenvalue weighted by molar-refractivity contribution is 4.80. The lowest BCUT2D eigenvalue weighted by Crippen LogP contribution is -2.47. The Balaban J connectivity index is 2.11. The van der Waals surface area contributed by atoms with Crippen molar-refractivity contribution in [3.63, 3.8) is 0 Å². The molecule has 1 unspecified atom stereocenters. The van der Waals surface area contributed by atoms with Crippen molar-refractivity contribution in [1.82, 2.24) is 4.90 Å². The zero-order valence-electron chi connectivity index (χ0n) is 7.13. The topological polar surface area (TPSA) is 12.5 Å². The van der Waals surface area contributed by atoms with Gasteiger partial charge in [-0.3, -0.25) is 0 Å². The zero-order chi connectivity index (χ0) is 7.56. The average molecular weight is 143 g/mol. The van der Waals surface area contributed by atoms with Gasteiger partial charge in [0.1, 0.15) is 0 Å². The van der Waals surface area contributed by atoms with Gasteiger partial charge >= 0.3 is 0 Å². The van der Waals surface area contributed by atoms with Crippen LogP contribution < -0.4 is 0 Å². The fourth-order valence-electron chi connectivity index (χ4n) is 1.51. The van der Waals surface area contributed by atoms with Gasteiger partial charge < -0.3 is 9.64 Å². The summed E-state index contributed by atoms with van der Waals surface area (Å²) in [6.45, 7) is 5.69. The highest BCUT2D eigenvalue weighted by Gasteiger charge is 2.27. The molecule has 60 valence electrons. The molecule has 0 saturated carbocycles. The number of hydrogen-bond acceptors (Lipinski definition) is 2. The summed E-state index contributed by atoms with van der Waals surface area (Å²) in [5.41, 5.74) is 0. The SMILES string of the molecule is COCC(C)C1CN(C)C1. The van der Waals surface area contributed by atoms with Gasteiger partial charge in [0.25, 0.3) is 0 Å². The third kappa shape index (κ3) is 1.70. The molecule has 1 saturated heterocycles. The standard InChI is InChI=1S/C8H17NO/c1-7(6-10-3)8-4-9(2)5-8/h7-8H,4-6H2,1-3H3. The van der Waals surface area contributed by atoms with Crippen molar-refractivity contribution in [1.29, 1.82) is 0 Å². The number of methoxy groups -OCH3 is 1. The van der Waals surface area contributed by atoms with Crippen LogP contribution in [0.25, 0.3) is 0 Å². The van der Waals surface area contributed by atoms with Crippen molar-refractivity contribution >= 4 is 0 Å². The lowest BCUT2D eigenvalue weighted by Gasteiger charge is -2.39. The summed E-state index contributed by atoms with van der Waals surface area (Å²) >= 11 is 0. The number of nitrogens with zero attached hydrogens (tertiary/aromatic N) is 1. The molecule has 0 aromatic heterocycles. The maximum absolute atomic E-state index is 5.08. The molecular weight excluding hydrogens is 126 g/mol. The van der Waals surface area contributed by atoms with Gasteiger partial charge in [0.2, 0.25) is 0 Å². The Kier molecular flexibility index (Phi) is 2.69. The van der Waals surface area contributed by atoms with Gasteiger partial charge in [0.15, 0.2) is 0 Å². The van der Waals surface area contributed by atoms with Crippen LogP contribution in [0.3, 0.4) is 0 Å². The molecule has 0 bridgehead atoms. The average Bonchev–Trinajstić information content (AvgIpc) is 1.82. The molecule has 10 heavy (non-hydrogen) atoms. The monoisotopic (exact) mass is 143 g/mol. The second-order valence-corrected chi connectivity index (χ2v) is 3.41. The second-order valence-electron chi connectivity index (χ2n) is 3.41. The Labute approximate surface area is 63.2 Å².